The summed E-state index contributed by atoms with van der Waals surface area (Å²) in [5.41, 5.74) is 5.09. The summed E-state index contributed by atoms with van der Waals surface area (Å²) in [6, 6.07) is 3.80. The average molecular weight is 293 g/mol. The van der Waals surface area contributed by atoms with Crippen LogP contribution in [0, 0.1) is 0 Å². The molecule has 0 amide bonds. The Bertz CT molecular complexity index is 448. The van der Waals surface area contributed by atoms with E-state index in [1.165, 1.54) is 12.1 Å². The van der Waals surface area contributed by atoms with Crippen molar-refractivity contribution in [2.45, 2.75) is 43.9 Å². The fraction of sp³-hybridized carbons (Fsp3) is 0.538. The number of halogens is 4. The van der Waals surface area contributed by atoms with Crippen LogP contribution in [-0.2, 0) is 6.18 Å². The fourth-order valence-corrected chi connectivity index (χ4v) is 2.70. The number of benzene rings is 1. The first kappa shape index (κ1) is 14.5. The molecular formula is C13H16ClF3N2. The molecular weight excluding hydrogens is 277 g/mol. The van der Waals surface area contributed by atoms with Gasteiger partial charge in [0, 0.05) is 12.1 Å². The Morgan fingerprint density at radius 3 is 2.63 bits per heavy atom. The monoisotopic (exact) mass is 292 g/mol. The maximum atomic E-state index is 12.9. The molecule has 0 aliphatic heterocycles. The molecule has 0 spiro atoms. The average Bonchev–Trinajstić information content (AvgIpc) is 2.30. The van der Waals surface area contributed by atoms with Crippen molar-refractivity contribution in [2.24, 2.45) is 5.73 Å². The number of hydrogen-bond donors (Lipinski definition) is 2. The van der Waals surface area contributed by atoms with Gasteiger partial charge in [0.05, 0.1) is 16.3 Å². The predicted octanol–water partition coefficient (Wildman–Crippen LogP) is 4.04. The van der Waals surface area contributed by atoms with Gasteiger partial charge in [-0.1, -0.05) is 17.7 Å². The minimum Gasteiger partial charge on any atom is -0.381 e. The zero-order chi connectivity index (χ0) is 14.0. The van der Waals surface area contributed by atoms with Gasteiger partial charge in [0.25, 0.3) is 0 Å². The van der Waals surface area contributed by atoms with Crippen LogP contribution in [-0.4, -0.2) is 12.1 Å². The minimum absolute atomic E-state index is 0.0317. The van der Waals surface area contributed by atoms with Crippen molar-refractivity contribution in [3.63, 3.8) is 0 Å². The highest BCUT2D eigenvalue weighted by Crippen LogP contribution is 2.39. The molecule has 1 fully saturated rings. The molecule has 0 aromatic heterocycles. The highest BCUT2D eigenvalue weighted by atomic mass is 35.5. The molecule has 1 aromatic rings. The molecule has 0 radical (unpaired) electrons. The normalized spacial score (nSPS) is 24.3. The molecule has 2 rings (SSSR count). The van der Waals surface area contributed by atoms with Crippen LogP contribution in [0.5, 0.6) is 0 Å². The number of para-hydroxylation sites is 1. The molecule has 2 nitrogen and oxygen atoms in total. The summed E-state index contributed by atoms with van der Waals surface area (Å²) in [4.78, 5) is 0. The van der Waals surface area contributed by atoms with Crippen molar-refractivity contribution in [3.8, 4) is 0 Å². The second-order valence-corrected chi connectivity index (χ2v) is 5.34. The predicted molar refractivity (Wildman–Crippen MR) is 70.3 cm³/mol. The molecule has 106 valence electrons. The zero-order valence-corrected chi connectivity index (χ0v) is 11.1. The van der Waals surface area contributed by atoms with Crippen molar-refractivity contribution >= 4 is 17.3 Å². The molecule has 0 saturated heterocycles. The molecule has 0 bridgehead atoms. The van der Waals surface area contributed by atoms with Gasteiger partial charge in [-0.15, -0.1) is 0 Å². The lowest BCUT2D eigenvalue weighted by Crippen LogP contribution is -2.35. The Kier molecular flexibility index (Phi) is 4.26. The summed E-state index contributed by atoms with van der Waals surface area (Å²) >= 11 is 5.90. The standard InChI is InChI=1S/C13H16ClF3N2/c14-11-6-2-5-10(13(15,16)17)12(11)19-9-4-1-3-8(18)7-9/h2,5-6,8-9,19H,1,3-4,7,18H2. The lowest BCUT2D eigenvalue weighted by molar-refractivity contribution is -0.137. The van der Waals surface area contributed by atoms with Gasteiger partial charge in [0.2, 0.25) is 0 Å². The van der Waals surface area contributed by atoms with E-state index >= 15 is 0 Å². The summed E-state index contributed by atoms with van der Waals surface area (Å²) in [6.45, 7) is 0. The van der Waals surface area contributed by atoms with Gasteiger partial charge >= 0.3 is 6.18 Å². The Hall–Kier alpha value is -0.940. The van der Waals surface area contributed by atoms with Crippen LogP contribution in [0.15, 0.2) is 18.2 Å². The number of rotatable bonds is 2. The van der Waals surface area contributed by atoms with Gasteiger partial charge in [-0.3, -0.25) is 0 Å². The van der Waals surface area contributed by atoms with E-state index < -0.39 is 11.7 Å². The summed E-state index contributed by atoms with van der Waals surface area (Å²) in [6.07, 6.45) is -1.08. The van der Waals surface area contributed by atoms with E-state index in [-0.39, 0.29) is 22.8 Å². The van der Waals surface area contributed by atoms with Crippen LogP contribution in [0.2, 0.25) is 5.02 Å². The van der Waals surface area contributed by atoms with Crippen LogP contribution in [0.25, 0.3) is 0 Å². The molecule has 1 aliphatic rings. The molecule has 3 N–H and O–H groups in total. The molecule has 6 heteroatoms. The molecule has 1 saturated carbocycles. The Balaban J connectivity index is 2.24. The van der Waals surface area contributed by atoms with E-state index in [2.05, 4.69) is 5.32 Å². The number of hydrogen-bond acceptors (Lipinski definition) is 2. The maximum Gasteiger partial charge on any atom is 0.418 e. The van der Waals surface area contributed by atoms with E-state index in [9.17, 15) is 13.2 Å². The SMILES string of the molecule is NC1CCCC(Nc2c(Cl)cccc2C(F)(F)F)C1. The minimum atomic E-state index is -4.41. The zero-order valence-electron chi connectivity index (χ0n) is 10.3. The van der Waals surface area contributed by atoms with Crippen molar-refractivity contribution in [3.05, 3.63) is 28.8 Å². The third-order valence-electron chi connectivity index (χ3n) is 3.38. The Morgan fingerprint density at radius 1 is 1.26 bits per heavy atom. The van der Waals surface area contributed by atoms with Crippen LogP contribution in [0.1, 0.15) is 31.2 Å². The van der Waals surface area contributed by atoms with Gasteiger partial charge in [0.1, 0.15) is 0 Å². The van der Waals surface area contributed by atoms with E-state index in [0.717, 1.165) is 25.3 Å². The molecule has 0 heterocycles. The van der Waals surface area contributed by atoms with Crippen LogP contribution in [0.3, 0.4) is 0 Å². The smallest absolute Gasteiger partial charge is 0.381 e. The van der Waals surface area contributed by atoms with Gasteiger partial charge in [0.15, 0.2) is 0 Å². The van der Waals surface area contributed by atoms with Crippen LogP contribution in [0.4, 0.5) is 18.9 Å². The molecule has 2 unspecified atom stereocenters. The summed E-state index contributed by atoms with van der Waals surface area (Å²) < 4.78 is 38.8. The highest BCUT2D eigenvalue weighted by Gasteiger charge is 2.35. The molecule has 1 aromatic carbocycles. The highest BCUT2D eigenvalue weighted by molar-refractivity contribution is 6.33. The van der Waals surface area contributed by atoms with Crippen LogP contribution >= 0.6 is 11.6 Å². The van der Waals surface area contributed by atoms with Crippen molar-refractivity contribution in [2.75, 3.05) is 5.32 Å². The second kappa shape index (κ2) is 5.59. The first-order valence-electron chi connectivity index (χ1n) is 6.25. The third kappa shape index (κ3) is 3.54. The quantitative estimate of drug-likeness (QED) is 0.863. The van der Waals surface area contributed by atoms with Gasteiger partial charge < -0.3 is 11.1 Å². The van der Waals surface area contributed by atoms with E-state index in [1.807, 2.05) is 0 Å². The Morgan fingerprint density at radius 2 is 2.00 bits per heavy atom. The summed E-state index contributed by atoms with van der Waals surface area (Å²) in [7, 11) is 0. The number of alkyl halides is 3. The summed E-state index contributed by atoms with van der Waals surface area (Å²) in [5, 5.41) is 3.01. The molecule has 2 atom stereocenters. The van der Waals surface area contributed by atoms with Crippen molar-refractivity contribution in [1.82, 2.24) is 0 Å². The van der Waals surface area contributed by atoms with Crippen molar-refractivity contribution in [1.29, 1.82) is 0 Å². The lowest BCUT2D eigenvalue weighted by Gasteiger charge is -2.29. The van der Waals surface area contributed by atoms with E-state index in [0.29, 0.717) is 6.42 Å². The number of nitrogens with two attached hydrogens (primary N) is 1. The number of anilines is 1. The molecule has 1 aliphatic carbocycles. The largest absolute Gasteiger partial charge is 0.418 e. The van der Waals surface area contributed by atoms with Gasteiger partial charge in [-0.05, 0) is 37.8 Å². The first-order chi connectivity index (χ1) is 8.88. The van der Waals surface area contributed by atoms with Crippen molar-refractivity contribution < 1.29 is 13.2 Å². The fourth-order valence-electron chi connectivity index (χ4n) is 2.47. The second-order valence-electron chi connectivity index (χ2n) is 4.93. The topological polar surface area (TPSA) is 38.0 Å². The maximum absolute atomic E-state index is 12.9. The lowest BCUT2D eigenvalue weighted by atomic mass is 9.91. The van der Waals surface area contributed by atoms with Gasteiger partial charge in [-0.25, -0.2) is 0 Å². The summed E-state index contributed by atoms with van der Waals surface area (Å²) in [5.74, 6) is 0. The number of nitrogens with one attached hydrogen (secondary N) is 1. The van der Waals surface area contributed by atoms with E-state index in [1.54, 1.807) is 0 Å². The first-order valence-corrected chi connectivity index (χ1v) is 6.63. The van der Waals surface area contributed by atoms with E-state index in [4.69, 9.17) is 17.3 Å². The van der Waals surface area contributed by atoms with Gasteiger partial charge in [-0.2, -0.15) is 13.2 Å². The third-order valence-corrected chi connectivity index (χ3v) is 3.70. The molecule has 19 heavy (non-hydrogen) atoms. The Labute approximate surface area is 115 Å². The van der Waals surface area contributed by atoms with Crippen LogP contribution < -0.4 is 11.1 Å².